The first-order chi connectivity index (χ1) is 16.5. The van der Waals surface area contributed by atoms with Gasteiger partial charge < -0.3 is 5.32 Å². The van der Waals surface area contributed by atoms with Gasteiger partial charge in [-0.2, -0.15) is 50.6 Å². The number of rotatable bonds is 5. The minimum Gasteiger partial charge on any atom is -0.333 e. The minimum atomic E-state index is -6.33. The average Bonchev–Trinajstić information content (AvgIpc) is 3.08. The maximum atomic E-state index is 13.9. The summed E-state index contributed by atoms with van der Waals surface area (Å²) in [6.45, 7) is 0. The van der Waals surface area contributed by atoms with E-state index in [4.69, 9.17) is 16.9 Å². The third-order valence-electron chi connectivity index (χ3n) is 5.25. The van der Waals surface area contributed by atoms with Crippen LogP contribution >= 0.6 is 22.9 Å². The molecular formula is C19H11ClF8N6OS. The topological polar surface area (TPSA) is 88.5 Å². The molecule has 3 aromatic rings. The fraction of sp³-hybridized carbons (Fsp3) is 0.368. The van der Waals surface area contributed by atoms with Crippen LogP contribution in [0.5, 0.6) is 0 Å². The molecule has 3 aromatic heterocycles. The van der Waals surface area contributed by atoms with Crippen LogP contribution in [-0.4, -0.2) is 37.2 Å². The zero-order chi connectivity index (χ0) is 26.8. The summed E-state index contributed by atoms with van der Waals surface area (Å²) >= 11 is 6.91. The highest BCUT2D eigenvalue weighted by Gasteiger charge is 2.64. The van der Waals surface area contributed by atoms with Crippen molar-refractivity contribution in [2.75, 3.05) is 0 Å². The maximum absolute atomic E-state index is 13.9. The van der Waals surface area contributed by atoms with Crippen LogP contribution < -0.4 is 5.32 Å². The maximum Gasteiger partial charge on any atom is 0.459 e. The molecule has 0 unspecified atom stereocenters. The van der Waals surface area contributed by atoms with E-state index in [0.29, 0.717) is 17.5 Å². The summed E-state index contributed by atoms with van der Waals surface area (Å²) in [6, 6.07) is 3.27. The van der Waals surface area contributed by atoms with Gasteiger partial charge >= 0.3 is 18.3 Å². The summed E-state index contributed by atoms with van der Waals surface area (Å²) in [5.41, 5.74) is -5.72. The van der Waals surface area contributed by atoms with Gasteiger partial charge in [-0.15, -0.1) is 11.3 Å². The van der Waals surface area contributed by atoms with Crippen LogP contribution in [0.25, 0.3) is 16.3 Å². The number of aryl methyl sites for hydroxylation is 1. The number of carbonyl (C=O) groups excluding carboxylic acids is 1. The van der Waals surface area contributed by atoms with Crippen LogP contribution in [0.2, 0.25) is 5.02 Å². The quantitative estimate of drug-likeness (QED) is 0.422. The van der Waals surface area contributed by atoms with Gasteiger partial charge in [0.1, 0.15) is 16.0 Å². The molecule has 1 aliphatic rings. The lowest BCUT2D eigenvalue weighted by molar-refractivity contribution is -0.292. The van der Waals surface area contributed by atoms with Gasteiger partial charge in [0, 0.05) is 23.7 Å². The van der Waals surface area contributed by atoms with Crippen LogP contribution in [0.3, 0.4) is 0 Å². The van der Waals surface area contributed by atoms with Crippen molar-refractivity contribution in [2.45, 2.75) is 36.7 Å². The highest BCUT2D eigenvalue weighted by Crippen LogP contribution is 2.49. The first-order valence-corrected chi connectivity index (χ1v) is 10.9. The second-order valence-electron chi connectivity index (χ2n) is 7.85. The Kier molecular flexibility index (Phi) is 5.87. The Morgan fingerprint density at radius 1 is 1.22 bits per heavy atom. The Labute approximate surface area is 204 Å². The molecule has 1 amide bonds. The molecule has 0 atom stereocenters. The van der Waals surface area contributed by atoms with Crippen molar-refractivity contribution in [3.05, 3.63) is 39.6 Å². The molecule has 3 heterocycles. The zero-order valence-corrected chi connectivity index (χ0v) is 19.2. The number of carbonyl (C=O) groups is 1. The Bertz CT molecular complexity index is 1390. The number of halogens is 9. The van der Waals surface area contributed by atoms with Crippen LogP contribution in [0.4, 0.5) is 35.1 Å². The van der Waals surface area contributed by atoms with E-state index in [1.54, 1.807) is 0 Å². The molecule has 0 radical (unpaired) electrons. The molecule has 1 N–H and O–H groups in total. The van der Waals surface area contributed by atoms with E-state index in [-0.39, 0.29) is 25.0 Å². The second-order valence-corrected chi connectivity index (χ2v) is 9.31. The zero-order valence-electron chi connectivity index (χ0n) is 17.6. The fourth-order valence-electron chi connectivity index (χ4n) is 3.29. The van der Waals surface area contributed by atoms with Crippen molar-refractivity contribution in [3.63, 3.8) is 0 Å². The predicted octanol–water partition coefficient (Wildman–Crippen LogP) is 5.45. The number of thiophene rings is 1. The molecule has 1 fully saturated rings. The van der Waals surface area contributed by atoms with Gasteiger partial charge in [-0.25, -0.2) is 9.36 Å². The summed E-state index contributed by atoms with van der Waals surface area (Å²) in [4.78, 5) is 12.7. The molecule has 0 aromatic carbocycles. The first-order valence-electron chi connectivity index (χ1n) is 9.68. The number of nitriles is 1. The molecule has 0 bridgehead atoms. The SMILES string of the molecule is Cn1nc(C(F)(F)C(F)(F)F)c(C(F)(F)F)c1-n1cc(-c2cc(Cl)c(C(=O)NC3(C#N)CC3)s2)cn1. The van der Waals surface area contributed by atoms with E-state index >= 15 is 0 Å². The number of aromatic nitrogens is 4. The normalized spacial score (nSPS) is 15.6. The number of nitrogens with zero attached hydrogens (tertiary/aromatic N) is 5. The van der Waals surface area contributed by atoms with Crippen molar-refractivity contribution < 1.29 is 39.9 Å². The van der Waals surface area contributed by atoms with Crippen molar-refractivity contribution in [3.8, 4) is 22.3 Å². The van der Waals surface area contributed by atoms with Gasteiger partial charge in [-0.1, -0.05) is 11.6 Å². The van der Waals surface area contributed by atoms with Gasteiger partial charge in [0.25, 0.3) is 5.91 Å². The van der Waals surface area contributed by atoms with Gasteiger partial charge in [-0.3, -0.25) is 4.79 Å². The predicted molar refractivity (Wildman–Crippen MR) is 109 cm³/mol. The molecule has 4 rings (SSSR count). The van der Waals surface area contributed by atoms with Crippen molar-refractivity contribution in [1.82, 2.24) is 24.9 Å². The Morgan fingerprint density at radius 3 is 2.39 bits per heavy atom. The standard InChI is InChI=1S/C19H11ClF8N6OS/c1-33-15(11(18(23,24)25)13(32-33)17(21,22)19(26,27)28)34-6-8(5-30-34)10-4-9(20)12(36-10)14(35)31-16(7-29)2-3-16/h4-6H,2-3H2,1H3,(H,31,35). The lowest BCUT2D eigenvalue weighted by Gasteiger charge is -2.19. The Hall–Kier alpha value is -3.19. The molecule has 1 aliphatic carbocycles. The van der Waals surface area contributed by atoms with Crippen molar-refractivity contribution in [2.24, 2.45) is 7.05 Å². The monoisotopic (exact) mass is 558 g/mol. The molecule has 192 valence electrons. The van der Waals surface area contributed by atoms with Gasteiger partial charge in [0.2, 0.25) is 0 Å². The summed E-state index contributed by atoms with van der Waals surface area (Å²) in [6.07, 6.45) is -9.11. The molecule has 36 heavy (non-hydrogen) atoms. The summed E-state index contributed by atoms with van der Waals surface area (Å²) in [5.74, 6) is -7.72. The number of amides is 1. The van der Waals surface area contributed by atoms with Crippen LogP contribution in [0.1, 0.15) is 33.8 Å². The average molecular weight is 559 g/mol. The van der Waals surface area contributed by atoms with E-state index in [1.165, 1.54) is 6.07 Å². The number of alkyl halides is 8. The molecule has 0 saturated heterocycles. The minimum absolute atomic E-state index is 0.00422. The van der Waals surface area contributed by atoms with E-state index in [1.807, 2.05) is 6.07 Å². The van der Waals surface area contributed by atoms with Crippen molar-refractivity contribution >= 4 is 28.8 Å². The van der Waals surface area contributed by atoms with E-state index in [0.717, 1.165) is 30.8 Å². The number of nitrogens with one attached hydrogen (secondary N) is 1. The van der Waals surface area contributed by atoms with Gasteiger partial charge in [0.15, 0.2) is 11.5 Å². The highest BCUT2D eigenvalue weighted by molar-refractivity contribution is 7.18. The van der Waals surface area contributed by atoms with E-state index in [9.17, 15) is 39.9 Å². The van der Waals surface area contributed by atoms with Crippen LogP contribution in [0.15, 0.2) is 18.5 Å². The van der Waals surface area contributed by atoms with Gasteiger partial charge in [0.05, 0.1) is 17.3 Å². The third-order valence-corrected chi connectivity index (χ3v) is 6.84. The largest absolute Gasteiger partial charge is 0.459 e. The van der Waals surface area contributed by atoms with Crippen LogP contribution in [0, 0.1) is 11.3 Å². The molecule has 7 nitrogen and oxygen atoms in total. The molecular weight excluding hydrogens is 548 g/mol. The van der Waals surface area contributed by atoms with Gasteiger partial charge in [-0.05, 0) is 18.9 Å². The van der Waals surface area contributed by atoms with E-state index in [2.05, 4.69) is 15.5 Å². The summed E-state index contributed by atoms with van der Waals surface area (Å²) < 4.78 is 108. The Morgan fingerprint density at radius 2 is 1.86 bits per heavy atom. The lowest BCUT2D eigenvalue weighted by atomic mass is 10.1. The first kappa shape index (κ1) is 25.9. The third kappa shape index (κ3) is 4.30. The Balaban J connectivity index is 1.74. The molecule has 0 spiro atoms. The molecule has 17 heteroatoms. The number of hydrogen-bond donors (Lipinski definition) is 1. The lowest BCUT2D eigenvalue weighted by Crippen LogP contribution is -2.36. The van der Waals surface area contributed by atoms with Crippen molar-refractivity contribution in [1.29, 1.82) is 5.26 Å². The molecule has 0 aliphatic heterocycles. The van der Waals surface area contributed by atoms with E-state index < -0.39 is 46.8 Å². The second kappa shape index (κ2) is 8.17. The highest BCUT2D eigenvalue weighted by atomic mass is 35.5. The fourth-order valence-corrected chi connectivity index (χ4v) is 4.58. The summed E-state index contributed by atoms with van der Waals surface area (Å²) in [5, 5.41) is 18.1. The summed E-state index contributed by atoms with van der Waals surface area (Å²) in [7, 11) is 0.759. The number of hydrogen-bond acceptors (Lipinski definition) is 5. The van der Waals surface area contributed by atoms with Crippen LogP contribution in [-0.2, 0) is 19.1 Å². The smallest absolute Gasteiger partial charge is 0.333 e. The molecule has 1 saturated carbocycles.